The third kappa shape index (κ3) is 3.18. The predicted octanol–water partition coefficient (Wildman–Crippen LogP) is 1.78. The van der Waals surface area contributed by atoms with Crippen LogP contribution < -0.4 is 0 Å². The number of aliphatic hydroxyl groups is 1. The van der Waals surface area contributed by atoms with Gasteiger partial charge in [0.05, 0.1) is 12.5 Å². The van der Waals surface area contributed by atoms with Gasteiger partial charge in [-0.15, -0.1) is 0 Å². The second-order valence-electron chi connectivity index (χ2n) is 7.44. The summed E-state index contributed by atoms with van der Waals surface area (Å²) in [5.41, 5.74) is 2.28. The Labute approximate surface area is 148 Å². The molecule has 0 radical (unpaired) electrons. The van der Waals surface area contributed by atoms with E-state index in [9.17, 15) is 9.90 Å². The average Bonchev–Trinajstić information content (AvgIpc) is 3.19. The molecule has 5 heteroatoms. The Morgan fingerprint density at radius 1 is 1.16 bits per heavy atom. The molecule has 1 aliphatic carbocycles. The number of aryl methyl sites for hydroxylation is 1. The van der Waals surface area contributed by atoms with Crippen LogP contribution in [-0.4, -0.2) is 63.7 Å². The number of aliphatic hydroxyl groups excluding tert-OH is 1. The molecule has 2 heterocycles. The number of carbonyl (C=O) groups excluding carboxylic acids is 1. The quantitative estimate of drug-likeness (QED) is 0.926. The molecule has 134 valence electrons. The van der Waals surface area contributed by atoms with Crippen molar-refractivity contribution in [1.29, 1.82) is 0 Å². The molecule has 2 fully saturated rings. The van der Waals surface area contributed by atoms with E-state index in [0.717, 1.165) is 51.0 Å². The smallest absolute Gasteiger partial charge is 0.227 e. The number of benzene rings is 1. The van der Waals surface area contributed by atoms with Gasteiger partial charge in [0.15, 0.2) is 0 Å². The first-order chi connectivity index (χ1) is 12.1. The normalized spacial score (nSPS) is 25.0. The summed E-state index contributed by atoms with van der Waals surface area (Å²) in [7, 11) is 2.03. The van der Waals surface area contributed by atoms with E-state index >= 15 is 0 Å². The molecule has 1 aromatic heterocycles. The van der Waals surface area contributed by atoms with Crippen molar-refractivity contribution in [2.24, 2.45) is 7.05 Å². The number of hydrogen-bond acceptors (Lipinski definition) is 3. The van der Waals surface area contributed by atoms with Crippen molar-refractivity contribution < 1.29 is 9.90 Å². The summed E-state index contributed by atoms with van der Waals surface area (Å²) in [4.78, 5) is 17.1. The summed E-state index contributed by atoms with van der Waals surface area (Å²) in [6.07, 6.45) is 5.49. The van der Waals surface area contributed by atoms with Crippen LogP contribution in [0.1, 0.15) is 24.8 Å². The molecule has 1 aromatic carbocycles. The molecule has 2 aromatic rings. The van der Waals surface area contributed by atoms with Gasteiger partial charge in [-0.1, -0.05) is 18.2 Å². The van der Waals surface area contributed by atoms with Crippen LogP contribution in [0.4, 0.5) is 0 Å². The Balaban J connectivity index is 1.39. The van der Waals surface area contributed by atoms with Crippen LogP contribution in [0, 0.1) is 0 Å². The summed E-state index contributed by atoms with van der Waals surface area (Å²) >= 11 is 0. The zero-order valence-electron chi connectivity index (χ0n) is 14.9. The van der Waals surface area contributed by atoms with Crippen LogP contribution in [-0.2, 0) is 18.3 Å². The van der Waals surface area contributed by atoms with Crippen LogP contribution in [0.5, 0.6) is 0 Å². The van der Waals surface area contributed by atoms with Gasteiger partial charge in [-0.05, 0) is 30.9 Å². The van der Waals surface area contributed by atoms with Crippen molar-refractivity contribution in [1.82, 2.24) is 14.4 Å². The third-order valence-electron chi connectivity index (χ3n) is 5.90. The number of rotatable bonds is 3. The molecule has 0 spiro atoms. The van der Waals surface area contributed by atoms with Crippen LogP contribution in [0.15, 0.2) is 30.5 Å². The zero-order chi connectivity index (χ0) is 17.4. The monoisotopic (exact) mass is 341 g/mol. The van der Waals surface area contributed by atoms with E-state index in [1.807, 2.05) is 24.1 Å². The molecule has 1 amide bonds. The molecular formula is C20H27N3O2. The van der Waals surface area contributed by atoms with E-state index < -0.39 is 0 Å². The van der Waals surface area contributed by atoms with Gasteiger partial charge in [0.1, 0.15) is 0 Å². The highest BCUT2D eigenvalue weighted by atomic mass is 16.3. The standard InChI is InChI=1S/C20H27N3O2/c1-21-14-15(16-5-2-3-6-17(16)21)13-20(25)23-11-9-22(10-12-23)18-7-4-8-19(18)24/h2-3,5-6,14,18-19,24H,4,7-13H2,1H3/t18-,19-/m0/s1. The van der Waals surface area contributed by atoms with E-state index in [0.29, 0.717) is 12.5 Å². The third-order valence-corrected chi connectivity index (χ3v) is 5.90. The first-order valence-corrected chi connectivity index (χ1v) is 9.36. The SMILES string of the molecule is Cn1cc(CC(=O)N2CCN([C@H]3CCC[C@@H]3O)CC2)c2ccccc21. The van der Waals surface area contributed by atoms with E-state index in [2.05, 4.69) is 27.8 Å². The Bertz CT molecular complexity index is 761. The molecule has 1 saturated carbocycles. The van der Waals surface area contributed by atoms with E-state index in [1.165, 1.54) is 10.9 Å². The van der Waals surface area contributed by atoms with Gasteiger partial charge in [0.2, 0.25) is 5.91 Å². The molecule has 0 unspecified atom stereocenters. The minimum atomic E-state index is -0.182. The van der Waals surface area contributed by atoms with Crippen molar-refractivity contribution in [2.45, 2.75) is 37.8 Å². The second-order valence-corrected chi connectivity index (χ2v) is 7.44. The fourth-order valence-electron chi connectivity index (χ4n) is 4.49. The summed E-state index contributed by atoms with van der Waals surface area (Å²) in [6, 6.07) is 8.55. The maximum atomic E-state index is 12.8. The van der Waals surface area contributed by atoms with Gasteiger partial charge in [0.25, 0.3) is 0 Å². The lowest BCUT2D eigenvalue weighted by Gasteiger charge is -2.39. The highest BCUT2D eigenvalue weighted by Gasteiger charge is 2.33. The fraction of sp³-hybridized carbons (Fsp3) is 0.550. The van der Waals surface area contributed by atoms with Crippen LogP contribution in [0.3, 0.4) is 0 Å². The molecule has 2 aliphatic rings. The second kappa shape index (κ2) is 6.81. The highest BCUT2D eigenvalue weighted by Crippen LogP contribution is 2.25. The van der Waals surface area contributed by atoms with Crippen molar-refractivity contribution in [3.63, 3.8) is 0 Å². The molecule has 2 atom stereocenters. The van der Waals surface area contributed by atoms with Gasteiger partial charge in [-0.2, -0.15) is 0 Å². The molecule has 25 heavy (non-hydrogen) atoms. The minimum Gasteiger partial charge on any atom is -0.391 e. The summed E-state index contributed by atoms with van der Waals surface area (Å²) in [5, 5.41) is 11.3. The lowest BCUT2D eigenvalue weighted by molar-refractivity contribution is -0.132. The predicted molar refractivity (Wildman–Crippen MR) is 98.4 cm³/mol. The highest BCUT2D eigenvalue weighted by molar-refractivity contribution is 5.89. The molecule has 0 bridgehead atoms. The van der Waals surface area contributed by atoms with Gasteiger partial charge in [-0.3, -0.25) is 9.69 Å². The Morgan fingerprint density at radius 2 is 1.92 bits per heavy atom. The van der Waals surface area contributed by atoms with E-state index in [4.69, 9.17) is 0 Å². The number of fused-ring (bicyclic) bond motifs is 1. The van der Waals surface area contributed by atoms with Crippen molar-refractivity contribution in [2.75, 3.05) is 26.2 Å². The molecule has 1 aliphatic heterocycles. The number of nitrogens with zero attached hydrogens (tertiary/aromatic N) is 3. The first-order valence-electron chi connectivity index (χ1n) is 9.36. The molecule has 1 saturated heterocycles. The summed E-state index contributed by atoms with van der Waals surface area (Å²) in [5.74, 6) is 0.211. The number of aromatic nitrogens is 1. The van der Waals surface area contributed by atoms with E-state index in [-0.39, 0.29) is 12.0 Å². The molecule has 1 N–H and O–H groups in total. The summed E-state index contributed by atoms with van der Waals surface area (Å²) in [6.45, 7) is 3.30. The van der Waals surface area contributed by atoms with Gasteiger partial charge in [-0.25, -0.2) is 0 Å². The van der Waals surface area contributed by atoms with Gasteiger partial charge in [0, 0.05) is 56.4 Å². The number of piperazine rings is 1. The topological polar surface area (TPSA) is 48.7 Å². The maximum absolute atomic E-state index is 12.8. The van der Waals surface area contributed by atoms with Crippen LogP contribution in [0.25, 0.3) is 10.9 Å². The van der Waals surface area contributed by atoms with Gasteiger partial charge < -0.3 is 14.6 Å². The number of hydrogen-bond donors (Lipinski definition) is 1. The fourth-order valence-corrected chi connectivity index (χ4v) is 4.49. The molecule has 5 nitrogen and oxygen atoms in total. The Morgan fingerprint density at radius 3 is 2.64 bits per heavy atom. The maximum Gasteiger partial charge on any atom is 0.227 e. The van der Waals surface area contributed by atoms with Gasteiger partial charge >= 0.3 is 0 Å². The van der Waals surface area contributed by atoms with Crippen molar-refractivity contribution in [3.05, 3.63) is 36.0 Å². The summed E-state index contributed by atoms with van der Waals surface area (Å²) < 4.78 is 2.09. The lowest BCUT2D eigenvalue weighted by atomic mass is 10.1. The molecular weight excluding hydrogens is 314 g/mol. The number of amides is 1. The van der Waals surface area contributed by atoms with Crippen LogP contribution >= 0.6 is 0 Å². The van der Waals surface area contributed by atoms with Crippen molar-refractivity contribution >= 4 is 16.8 Å². The first kappa shape index (κ1) is 16.6. The number of carbonyl (C=O) groups is 1. The van der Waals surface area contributed by atoms with E-state index in [1.54, 1.807) is 0 Å². The molecule has 4 rings (SSSR count). The Kier molecular flexibility index (Phi) is 4.52. The average molecular weight is 341 g/mol. The Hall–Kier alpha value is -1.85. The van der Waals surface area contributed by atoms with Crippen molar-refractivity contribution in [3.8, 4) is 0 Å². The minimum absolute atomic E-state index is 0.182. The largest absolute Gasteiger partial charge is 0.391 e. The lowest BCUT2D eigenvalue weighted by Crippen LogP contribution is -2.53. The number of para-hydroxylation sites is 1. The zero-order valence-corrected chi connectivity index (χ0v) is 14.9. The van der Waals surface area contributed by atoms with Crippen LogP contribution in [0.2, 0.25) is 0 Å².